The number of nitrogens with zero attached hydrogens (tertiary/aromatic N) is 4. The van der Waals surface area contributed by atoms with Crippen molar-refractivity contribution in [2.24, 2.45) is 5.92 Å². The van der Waals surface area contributed by atoms with Crippen molar-refractivity contribution in [2.75, 3.05) is 32.5 Å². The Hall–Kier alpha value is -1.73. The number of hydrogen-bond donors (Lipinski definition) is 2. The lowest BCUT2D eigenvalue weighted by atomic mass is 9.74. The molecule has 1 atom stereocenters. The van der Waals surface area contributed by atoms with E-state index in [4.69, 9.17) is 9.97 Å². The van der Waals surface area contributed by atoms with E-state index in [1.54, 1.807) is 0 Å². The first-order valence-corrected chi connectivity index (χ1v) is 12.4. The van der Waals surface area contributed by atoms with E-state index in [0.29, 0.717) is 12.3 Å². The van der Waals surface area contributed by atoms with Gasteiger partial charge in [0.25, 0.3) is 0 Å². The molecule has 3 aliphatic heterocycles. The molecule has 2 fully saturated rings. The maximum atomic E-state index is 13.6. The van der Waals surface area contributed by atoms with Crippen LogP contribution in [-0.4, -0.2) is 63.9 Å². The second-order valence-electron chi connectivity index (χ2n) is 11.6. The van der Waals surface area contributed by atoms with Crippen LogP contribution in [0.1, 0.15) is 89.3 Å². The van der Waals surface area contributed by atoms with E-state index in [1.807, 2.05) is 7.05 Å². The smallest absolute Gasteiger partial charge is 0.223 e. The molecule has 178 valence electrons. The number of carbonyl (C=O) groups is 1. The highest BCUT2D eigenvalue weighted by molar-refractivity contribution is 5.77. The van der Waals surface area contributed by atoms with Gasteiger partial charge in [-0.25, -0.2) is 9.97 Å². The third-order valence-electron chi connectivity index (χ3n) is 7.37. The van der Waals surface area contributed by atoms with Crippen molar-refractivity contribution < 1.29 is 4.79 Å². The van der Waals surface area contributed by atoms with Crippen molar-refractivity contribution in [3.8, 4) is 0 Å². The lowest BCUT2D eigenvalue weighted by Gasteiger charge is -2.47. The van der Waals surface area contributed by atoms with E-state index < -0.39 is 0 Å². The Morgan fingerprint density at radius 1 is 1.12 bits per heavy atom. The summed E-state index contributed by atoms with van der Waals surface area (Å²) in [5.74, 6) is 2.44. The molecule has 3 aliphatic rings. The largest absolute Gasteiger partial charge is 0.373 e. The molecule has 4 heterocycles. The zero-order valence-electron chi connectivity index (χ0n) is 20.9. The van der Waals surface area contributed by atoms with Crippen molar-refractivity contribution in [3.05, 3.63) is 17.1 Å². The monoisotopic (exact) mass is 442 g/mol. The van der Waals surface area contributed by atoms with Gasteiger partial charge in [0.05, 0.1) is 11.7 Å². The third kappa shape index (κ3) is 5.09. The third-order valence-corrected chi connectivity index (χ3v) is 7.37. The first-order chi connectivity index (χ1) is 15.1. The van der Waals surface area contributed by atoms with Gasteiger partial charge in [-0.05, 0) is 79.2 Å². The second-order valence-corrected chi connectivity index (χ2v) is 11.6. The number of hydrogen-bond acceptors (Lipinski definition) is 6. The van der Waals surface area contributed by atoms with Crippen LogP contribution in [-0.2, 0) is 17.8 Å². The van der Waals surface area contributed by atoms with Gasteiger partial charge in [0, 0.05) is 49.7 Å². The second kappa shape index (κ2) is 8.90. The number of likely N-dealkylation sites (tertiary alicyclic amines) is 1. The Labute approximate surface area is 193 Å². The summed E-state index contributed by atoms with van der Waals surface area (Å²) in [6, 6.07) is -0.0105. The number of piperidine rings is 2. The molecule has 0 saturated carbocycles. The molecule has 0 aromatic carbocycles. The summed E-state index contributed by atoms with van der Waals surface area (Å²) in [6.07, 6.45) is 6.80. The predicted molar refractivity (Wildman–Crippen MR) is 129 cm³/mol. The molecule has 7 nitrogen and oxygen atoms in total. The van der Waals surface area contributed by atoms with Crippen molar-refractivity contribution in [3.63, 3.8) is 0 Å². The minimum atomic E-state index is -0.0105. The topological polar surface area (TPSA) is 73.4 Å². The summed E-state index contributed by atoms with van der Waals surface area (Å²) in [7, 11) is 4.08. The van der Waals surface area contributed by atoms with Gasteiger partial charge in [0.1, 0.15) is 5.82 Å². The van der Waals surface area contributed by atoms with Gasteiger partial charge in [-0.15, -0.1) is 0 Å². The SMILES string of the molecule is CNc1nc([C@@H]2CCCCN2C(=O)CC2CC(C)(C)NC(C)(C)C2)nc2c1CCN(C)C2. The van der Waals surface area contributed by atoms with Crippen LogP contribution in [0, 0.1) is 5.92 Å². The van der Waals surface area contributed by atoms with E-state index >= 15 is 0 Å². The Balaban J connectivity index is 1.56. The molecule has 2 N–H and O–H groups in total. The molecular formula is C25H42N6O. The summed E-state index contributed by atoms with van der Waals surface area (Å²) in [5, 5.41) is 7.04. The van der Waals surface area contributed by atoms with E-state index in [2.05, 4.69) is 55.2 Å². The van der Waals surface area contributed by atoms with E-state index in [-0.39, 0.29) is 23.0 Å². The number of nitrogens with one attached hydrogen (secondary N) is 2. The number of fused-ring (bicyclic) bond motifs is 1. The highest BCUT2D eigenvalue weighted by Gasteiger charge is 2.40. The molecule has 0 unspecified atom stereocenters. The van der Waals surface area contributed by atoms with Crippen LogP contribution < -0.4 is 10.6 Å². The molecular weight excluding hydrogens is 400 g/mol. The van der Waals surface area contributed by atoms with E-state index in [0.717, 1.165) is 75.5 Å². The zero-order valence-corrected chi connectivity index (χ0v) is 20.9. The molecule has 1 aromatic rings. The fraction of sp³-hybridized carbons (Fsp3) is 0.800. The molecule has 32 heavy (non-hydrogen) atoms. The molecule has 0 aliphatic carbocycles. The summed E-state index contributed by atoms with van der Waals surface area (Å²) in [4.78, 5) is 28.0. The first-order valence-electron chi connectivity index (χ1n) is 12.4. The molecule has 2 saturated heterocycles. The van der Waals surface area contributed by atoms with Crippen LogP contribution in [0.4, 0.5) is 5.82 Å². The molecule has 4 rings (SSSR count). The van der Waals surface area contributed by atoms with Crippen LogP contribution in [0.25, 0.3) is 0 Å². The minimum Gasteiger partial charge on any atom is -0.373 e. The summed E-state index contributed by atoms with van der Waals surface area (Å²) < 4.78 is 0. The van der Waals surface area contributed by atoms with Crippen molar-refractivity contribution >= 4 is 11.7 Å². The number of carbonyl (C=O) groups excluding carboxylic acids is 1. The van der Waals surface area contributed by atoms with Crippen molar-refractivity contribution in [1.82, 2.24) is 25.1 Å². The van der Waals surface area contributed by atoms with Gasteiger partial charge < -0.3 is 20.4 Å². The molecule has 1 aromatic heterocycles. The highest BCUT2D eigenvalue weighted by atomic mass is 16.2. The Kier molecular flexibility index (Phi) is 6.52. The molecule has 0 radical (unpaired) electrons. The normalized spacial score (nSPS) is 25.9. The van der Waals surface area contributed by atoms with Gasteiger partial charge in [-0.2, -0.15) is 0 Å². The average molecular weight is 443 g/mol. The van der Waals surface area contributed by atoms with Crippen LogP contribution in [0.2, 0.25) is 0 Å². The maximum Gasteiger partial charge on any atom is 0.223 e. The number of rotatable bonds is 4. The van der Waals surface area contributed by atoms with Gasteiger partial charge in [0.2, 0.25) is 5.91 Å². The predicted octanol–water partition coefficient (Wildman–Crippen LogP) is 3.51. The Morgan fingerprint density at radius 3 is 2.53 bits per heavy atom. The lowest BCUT2D eigenvalue weighted by molar-refractivity contribution is -0.137. The standard InChI is InChI=1S/C25H42N6O/c1-24(2)14-17(15-25(3,4)29-24)13-21(32)31-11-8-7-9-20(31)23-27-19-16-30(6)12-10-18(19)22(26-5)28-23/h17,20,29H,7-16H2,1-6H3,(H,26,27,28)/t20-/m0/s1. The van der Waals surface area contributed by atoms with Crippen LogP contribution in [0.3, 0.4) is 0 Å². The van der Waals surface area contributed by atoms with Gasteiger partial charge in [0.15, 0.2) is 5.82 Å². The number of amides is 1. The van der Waals surface area contributed by atoms with Crippen molar-refractivity contribution in [1.29, 1.82) is 0 Å². The fourth-order valence-electron chi connectivity index (χ4n) is 6.48. The summed E-state index contributed by atoms with van der Waals surface area (Å²) >= 11 is 0. The minimum absolute atomic E-state index is 0.0105. The fourth-order valence-corrected chi connectivity index (χ4v) is 6.48. The number of aromatic nitrogens is 2. The highest BCUT2D eigenvalue weighted by Crippen LogP contribution is 2.37. The van der Waals surface area contributed by atoms with Crippen LogP contribution >= 0.6 is 0 Å². The van der Waals surface area contributed by atoms with E-state index in [9.17, 15) is 4.79 Å². The summed E-state index contributed by atoms with van der Waals surface area (Å²) in [5.41, 5.74) is 2.47. The zero-order chi connectivity index (χ0) is 23.1. The molecule has 0 bridgehead atoms. The Bertz CT molecular complexity index is 835. The van der Waals surface area contributed by atoms with Gasteiger partial charge in [-0.3, -0.25) is 4.79 Å². The molecule has 0 spiro atoms. The van der Waals surface area contributed by atoms with Crippen LogP contribution in [0.15, 0.2) is 0 Å². The van der Waals surface area contributed by atoms with Gasteiger partial charge in [-0.1, -0.05) is 0 Å². The molecule has 7 heteroatoms. The van der Waals surface area contributed by atoms with Crippen LogP contribution in [0.5, 0.6) is 0 Å². The quantitative estimate of drug-likeness (QED) is 0.743. The average Bonchev–Trinajstić information content (AvgIpc) is 2.70. The van der Waals surface area contributed by atoms with E-state index in [1.165, 1.54) is 5.56 Å². The summed E-state index contributed by atoms with van der Waals surface area (Å²) in [6.45, 7) is 11.7. The van der Waals surface area contributed by atoms with Gasteiger partial charge >= 0.3 is 0 Å². The maximum absolute atomic E-state index is 13.6. The number of likely N-dealkylation sites (N-methyl/N-ethyl adjacent to an activating group) is 1. The Morgan fingerprint density at radius 2 is 1.84 bits per heavy atom. The van der Waals surface area contributed by atoms with Crippen molar-refractivity contribution in [2.45, 2.75) is 96.3 Å². The number of anilines is 1. The molecule has 1 amide bonds. The lowest BCUT2D eigenvalue weighted by Crippen LogP contribution is -2.58. The first kappa shape index (κ1) is 23.4.